The molecule has 8 heteroatoms. The number of rotatable bonds is 8. The molecule has 0 aliphatic rings. The maximum absolute atomic E-state index is 12.6. The molecule has 0 saturated heterocycles. The molecule has 31 heavy (non-hydrogen) atoms. The van der Waals surface area contributed by atoms with Crippen molar-refractivity contribution in [1.29, 1.82) is 5.26 Å². The van der Waals surface area contributed by atoms with E-state index in [-0.39, 0.29) is 23.9 Å². The van der Waals surface area contributed by atoms with Crippen molar-refractivity contribution in [2.75, 3.05) is 11.1 Å². The van der Waals surface area contributed by atoms with Crippen LogP contribution in [0.25, 0.3) is 0 Å². The first-order valence-corrected chi connectivity index (χ1v) is 10.8. The highest BCUT2D eigenvalue weighted by atomic mass is 32.2. The zero-order chi connectivity index (χ0) is 22.4. The Morgan fingerprint density at radius 2 is 1.87 bits per heavy atom. The molecular weight excluding hydrogens is 410 g/mol. The number of nitrogens with zero attached hydrogens (tertiary/aromatic N) is 4. The van der Waals surface area contributed by atoms with Gasteiger partial charge < -0.3 is 9.88 Å². The second kappa shape index (κ2) is 10.0. The fourth-order valence-corrected chi connectivity index (χ4v) is 3.94. The van der Waals surface area contributed by atoms with E-state index in [1.54, 1.807) is 24.3 Å². The van der Waals surface area contributed by atoms with E-state index in [1.165, 1.54) is 11.8 Å². The highest BCUT2D eigenvalue weighted by molar-refractivity contribution is 7.99. The number of aryl methyl sites for hydroxylation is 2. The molecule has 0 atom stereocenters. The largest absolute Gasteiger partial charge is 0.325 e. The maximum atomic E-state index is 12.6. The number of nitriles is 1. The van der Waals surface area contributed by atoms with E-state index in [0.29, 0.717) is 28.7 Å². The van der Waals surface area contributed by atoms with Crippen molar-refractivity contribution in [2.45, 2.75) is 38.9 Å². The number of thioether (sulfide) groups is 1. The summed E-state index contributed by atoms with van der Waals surface area (Å²) in [6, 6.07) is 14.5. The molecule has 1 heterocycles. The van der Waals surface area contributed by atoms with Crippen molar-refractivity contribution in [3.8, 4) is 6.07 Å². The summed E-state index contributed by atoms with van der Waals surface area (Å²) < 4.78 is 1.85. The summed E-state index contributed by atoms with van der Waals surface area (Å²) in [7, 11) is 0. The summed E-state index contributed by atoms with van der Waals surface area (Å²) in [5.41, 5.74) is 3.91. The monoisotopic (exact) mass is 433 g/mol. The quantitative estimate of drug-likeness (QED) is 0.426. The Morgan fingerprint density at radius 3 is 2.55 bits per heavy atom. The first-order chi connectivity index (χ1) is 14.9. The Hall–Kier alpha value is -3.44. The molecule has 1 N–H and O–H groups in total. The molecule has 1 aromatic heterocycles. The van der Waals surface area contributed by atoms with Crippen molar-refractivity contribution >= 4 is 29.1 Å². The van der Waals surface area contributed by atoms with Crippen LogP contribution < -0.4 is 5.32 Å². The number of nitrogens with one attached hydrogen (secondary N) is 1. The minimum absolute atomic E-state index is 0.0608. The van der Waals surface area contributed by atoms with Gasteiger partial charge in [-0.25, -0.2) is 0 Å². The lowest BCUT2D eigenvalue weighted by atomic mass is 10.1. The molecule has 0 aliphatic heterocycles. The average Bonchev–Trinajstić information content (AvgIpc) is 3.15. The van der Waals surface area contributed by atoms with Gasteiger partial charge in [0.1, 0.15) is 5.82 Å². The molecular formula is C23H23N5O2S. The second-order valence-electron chi connectivity index (χ2n) is 7.09. The van der Waals surface area contributed by atoms with Crippen molar-refractivity contribution in [2.24, 2.45) is 0 Å². The second-order valence-corrected chi connectivity index (χ2v) is 8.03. The molecule has 1 amide bonds. The third kappa shape index (κ3) is 5.58. The molecule has 0 saturated carbocycles. The standard InChI is InChI=1S/C23H23N5O2S/c1-4-28-21(12-22(30)25-19-11-15(2)5-6-16(19)3)26-27-23(28)31-14-20(29)18-9-7-17(13-24)8-10-18/h5-11H,4,12,14H2,1-3H3,(H,25,30). The van der Waals surface area contributed by atoms with Gasteiger partial charge in [-0.05, 0) is 50.1 Å². The third-order valence-electron chi connectivity index (χ3n) is 4.76. The Balaban J connectivity index is 1.64. The highest BCUT2D eigenvalue weighted by Crippen LogP contribution is 2.20. The molecule has 0 radical (unpaired) electrons. The zero-order valence-corrected chi connectivity index (χ0v) is 18.5. The van der Waals surface area contributed by atoms with E-state index >= 15 is 0 Å². The fourth-order valence-electron chi connectivity index (χ4n) is 3.03. The van der Waals surface area contributed by atoms with Crippen molar-refractivity contribution < 1.29 is 9.59 Å². The summed E-state index contributed by atoms with van der Waals surface area (Å²) in [5.74, 6) is 0.521. The molecule has 2 aromatic carbocycles. The first-order valence-electron chi connectivity index (χ1n) is 9.86. The molecule has 0 aliphatic carbocycles. The number of carbonyl (C=O) groups is 2. The van der Waals surface area contributed by atoms with Crippen molar-refractivity contribution in [3.05, 3.63) is 70.5 Å². The Kier molecular flexibility index (Phi) is 7.21. The molecule has 7 nitrogen and oxygen atoms in total. The van der Waals surface area contributed by atoms with Crippen LogP contribution in [-0.4, -0.2) is 32.2 Å². The predicted octanol–water partition coefficient (Wildman–Crippen LogP) is 3.94. The number of anilines is 1. The van der Waals surface area contributed by atoms with E-state index in [1.807, 2.05) is 49.6 Å². The lowest BCUT2D eigenvalue weighted by Gasteiger charge is -2.10. The molecule has 3 aromatic rings. The minimum Gasteiger partial charge on any atom is -0.325 e. The van der Waals surface area contributed by atoms with Crippen LogP contribution in [0, 0.1) is 25.2 Å². The van der Waals surface area contributed by atoms with Crippen LogP contribution in [0.1, 0.15) is 39.8 Å². The van der Waals surface area contributed by atoms with Gasteiger partial charge in [-0.15, -0.1) is 10.2 Å². The molecule has 0 spiro atoms. The Morgan fingerprint density at radius 1 is 1.13 bits per heavy atom. The van der Waals surface area contributed by atoms with Gasteiger partial charge in [0.2, 0.25) is 5.91 Å². The summed E-state index contributed by atoms with van der Waals surface area (Å²) in [4.78, 5) is 25.0. The smallest absolute Gasteiger partial charge is 0.232 e. The Bertz CT molecular complexity index is 1150. The summed E-state index contributed by atoms with van der Waals surface area (Å²) in [6.07, 6.45) is 0.0956. The van der Waals surface area contributed by atoms with Crippen LogP contribution in [0.2, 0.25) is 0 Å². The van der Waals surface area contributed by atoms with Crippen LogP contribution in [-0.2, 0) is 17.8 Å². The maximum Gasteiger partial charge on any atom is 0.232 e. The first kappa shape index (κ1) is 22.2. The van der Waals surface area contributed by atoms with Crippen LogP contribution >= 0.6 is 11.8 Å². The fraction of sp³-hybridized carbons (Fsp3) is 0.261. The van der Waals surface area contributed by atoms with Crippen LogP contribution in [0.15, 0.2) is 47.6 Å². The van der Waals surface area contributed by atoms with E-state index in [9.17, 15) is 9.59 Å². The number of Topliss-reactive ketones (excluding diaryl/α,β-unsaturated/α-hetero) is 1. The van der Waals surface area contributed by atoms with Gasteiger partial charge in [0.15, 0.2) is 10.9 Å². The van der Waals surface area contributed by atoms with Gasteiger partial charge in [0.25, 0.3) is 0 Å². The number of benzene rings is 2. The van der Waals surface area contributed by atoms with Gasteiger partial charge in [-0.3, -0.25) is 9.59 Å². The lowest BCUT2D eigenvalue weighted by molar-refractivity contribution is -0.115. The topological polar surface area (TPSA) is 101 Å². The zero-order valence-electron chi connectivity index (χ0n) is 17.7. The lowest BCUT2D eigenvalue weighted by Crippen LogP contribution is -2.18. The van der Waals surface area contributed by atoms with Crippen LogP contribution in [0.5, 0.6) is 0 Å². The number of hydrogen-bond acceptors (Lipinski definition) is 6. The highest BCUT2D eigenvalue weighted by Gasteiger charge is 2.17. The van der Waals surface area contributed by atoms with Gasteiger partial charge in [0.05, 0.1) is 23.8 Å². The molecule has 0 unspecified atom stereocenters. The van der Waals surface area contributed by atoms with Crippen LogP contribution in [0.4, 0.5) is 5.69 Å². The number of hydrogen-bond donors (Lipinski definition) is 1. The molecule has 0 bridgehead atoms. The number of carbonyl (C=O) groups excluding carboxylic acids is 2. The number of aromatic nitrogens is 3. The molecule has 3 rings (SSSR count). The Labute approximate surface area is 185 Å². The van der Waals surface area contributed by atoms with Gasteiger partial charge in [-0.2, -0.15) is 5.26 Å². The number of ketones is 1. The molecule has 0 fully saturated rings. The minimum atomic E-state index is -0.166. The summed E-state index contributed by atoms with van der Waals surface area (Å²) >= 11 is 1.28. The normalized spacial score (nSPS) is 10.5. The van der Waals surface area contributed by atoms with Crippen molar-refractivity contribution in [1.82, 2.24) is 14.8 Å². The number of amides is 1. The third-order valence-corrected chi connectivity index (χ3v) is 5.73. The van der Waals surface area contributed by atoms with E-state index < -0.39 is 0 Å². The summed E-state index contributed by atoms with van der Waals surface area (Å²) in [6.45, 7) is 6.46. The van der Waals surface area contributed by atoms with Crippen LogP contribution in [0.3, 0.4) is 0 Å². The van der Waals surface area contributed by atoms with E-state index in [4.69, 9.17) is 5.26 Å². The van der Waals surface area contributed by atoms with Gasteiger partial charge in [0, 0.05) is 17.8 Å². The SMILES string of the molecule is CCn1c(CC(=O)Nc2cc(C)ccc2C)nnc1SCC(=O)c1ccc(C#N)cc1. The predicted molar refractivity (Wildman–Crippen MR) is 120 cm³/mol. The summed E-state index contributed by atoms with van der Waals surface area (Å²) in [5, 5.41) is 20.7. The van der Waals surface area contributed by atoms with E-state index in [2.05, 4.69) is 15.5 Å². The van der Waals surface area contributed by atoms with Gasteiger partial charge in [-0.1, -0.05) is 36.0 Å². The van der Waals surface area contributed by atoms with Crippen molar-refractivity contribution in [3.63, 3.8) is 0 Å². The molecule has 158 valence electrons. The van der Waals surface area contributed by atoms with E-state index in [0.717, 1.165) is 16.8 Å². The average molecular weight is 434 g/mol. The van der Waals surface area contributed by atoms with Gasteiger partial charge >= 0.3 is 0 Å².